The lowest BCUT2D eigenvalue weighted by Gasteiger charge is -2.32. The number of fused-ring (bicyclic) bond motifs is 3. The van der Waals surface area contributed by atoms with Gasteiger partial charge in [0, 0.05) is 0 Å². The lowest BCUT2D eigenvalue weighted by atomic mass is 9.72. The molecule has 4 aromatic rings. The van der Waals surface area contributed by atoms with Crippen LogP contribution in [0.25, 0.3) is 32.7 Å². The van der Waals surface area contributed by atoms with E-state index in [-0.39, 0.29) is 0 Å². The summed E-state index contributed by atoms with van der Waals surface area (Å²) in [5, 5.41) is 14.8. The molecule has 4 heteroatoms. The van der Waals surface area contributed by atoms with E-state index in [0.29, 0.717) is 5.56 Å². The summed E-state index contributed by atoms with van der Waals surface area (Å²) in [7, 11) is -0.519. The van der Waals surface area contributed by atoms with E-state index >= 15 is 0 Å². The molecule has 4 aromatic carbocycles. The second-order valence-corrected chi connectivity index (χ2v) is 10.0. The van der Waals surface area contributed by atoms with Gasteiger partial charge in [-0.2, -0.15) is 5.26 Å². The average molecular weight is 433 g/mol. The Morgan fingerprint density at radius 2 is 1.24 bits per heavy atom. The van der Waals surface area contributed by atoms with Crippen LogP contribution in [0.4, 0.5) is 0 Å². The maximum absolute atomic E-state index is 9.90. The molecule has 0 radical (unpaired) electrons. The van der Waals surface area contributed by atoms with Gasteiger partial charge in [0.2, 0.25) is 0 Å². The van der Waals surface area contributed by atoms with E-state index in [1.807, 2.05) is 12.1 Å². The van der Waals surface area contributed by atoms with E-state index in [0.717, 1.165) is 22.2 Å². The Labute approximate surface area is 196 Å². The summed E-state index contributed by atoms with van der Waals surface area (Å²) in [4.78, 5) is 0. The molecule has 0 bridgehead atoms. The number of rotatable bonds is 2. The maximum Gasteiger partial charge on any atom is 0.495 e. The van der Waals surface area contributed by atoms with Crippen LogP contribution >= 0.6 is 0 Å². The lowest BCUT2D eigenvalue weighted by Crippen LogP contribution is -2.41. The zero-order valence-corrected chi connectivity index (χ0v) is 20.1. The number of aryl methyl sites for hydroxylation is 1. The Kier molecular flexibility index (Phi) is 4.90. The van der Waals surface area contributed by atoms with Crippen LogP contribution in [0.3, 0.4) is 0 Å². The van der Waals surface area contributed by atoms with Crippen molar-refractivity contribution >= 4 is 34.1 Å². The fourth-order valence-corrected chi connectivity index (χ4v) is 4.94. The second-order valence-electron chi connectivity index (χ2n) is 10.0. The standard InChI is InChI=1S/C29H28BNO2/c1-18-25(15-20(17-31)16-26(18)30-32-28(3,4)29(5,6)33-30)27-19(2)21-11-7-8-12-22(21)23-13-9-10-14-24(23)27/h7-16H,1-6H3. The van der Waals surface area contributed by atoms with Crippen LogP contribution in [0.15, 0.2) is 60.7 Å². The highest BCUT2D eigenvalue weighted by Gasteiger charge is 2.52. The van der Waals surface area contributed by atoms with Crippen LogP contribution in [0.5, 0.6) is 0 Å². The van der Waals surface area contributed by atoms with Crippen LogP contribution in [-0.4, -0.2) is 18.3 Å². The van der Waals surface area contributed by atoms with Gasteiger partial charge in [-0.25, -0.2) is 0 Å². The molecule has 1 heterocycles. The monoisotopic (exact) mass is 433 g/mol. The first-order chi connectivity index (χ1) is 15.6. The first kappa shape index (κ1) is 21.7. The molecule has 0 atom stereocenters. The van der Waals surface area contributed by atoms with Gasteiger partial charge in [0.05, 0.1) is 22.8 Å². The molecule has 0 spiro atoms. The Morgan fingerprint density at radius 3 is 1.82 bits per heavy atom. The molecule has 1 fully saturated rings. The minimum atomic E-state index is -0.519. The van der Waals surface area contributed by atoms with Crippen molar-refractivity contribution in [3.63, 3.8) is 0 Å². The van der Waals surface area contributed by atoms with E-state index in [2.05, 4.69) is 96.1 Å². The number of hydrogen-bond acceptors (Lipinski definition) is 3. The molecule has 0 aromatic heterocycles. The van der Waals surface area contributed by atoms with Gasteiger partial charge >= 0.3 is 7.12 Å². The Morgan fingerprint density at radius 1 is 0.727 bits per heavy atom. The molecular weight excluding hydrogens is 405 g/mol. The Balaban J connectivity index is 1.82. The predicted octanol–water partition coefficient (Wildman–Crippen LogP) is 6.45. The average Bonchev–Trinajstić information content (AvgIpc) is 3.01. The fourth-order valence-electron chi connectivity index (χ4n) is 4.94. The maximum atomic E-state index is 9.90. The number of nitriles is 1. The summed E-state index contributed by atoms with van der Waals surface area (Å²) in [6.45, 7) is 12.5. The third-order valence-corrected chi connectivity index (χ3v) is 7.55. The molecular formula is C29H28BNO2. The third kappa shape index (κ3) is 3.27. The minimum Gasteiger partial charge on any atom is -0.399 e. The smallest absolute Gasteiger partial charge is 0.399 e. The quantitative estimate of drug-likeness (QED) is 0.270. The van der Waals surface area contributed by atoms with Gasteiger partial charge in [0.15, 0.2) is 0 Å². The fraction of sp³-hybridized carbons (Fsp3) is 0.276. The Bertz CT molecular complexity index is 1450. The van der Waals surface area contributed by atoms with E-state index in [1.165, 1.54) is 27.1 Å². The number of benzene rings is 4. The third-order valence-electron chi connectivity index (χ3n) is 7.55. The summed E-state index contributed by atoms with van der Waals surface area (Å²) >= 11 is 0. The number of nitrogens with zero attached hydrogens (tertiary/aromatic N) is 1. The second kappa shape index (κ2) is 7.45. The molecule has 1 saturated heterocycles. The normalized spacial score (nSPS) is 16.9. The largest absolute Gasteiger partial charge is 0.495 e. The molecule has 5 rings (SSSR count). The summed E-state index contributed by atoms with van der Waals surface area (Å²) in [6, 6.07) is 23.3. The van der Waals surface area contributed by atoms with Gasteiger partial charge in [-0.05, 0) is 103 Å². The van der Waals surface area contributed by atoms with Gasteiger partial charge < -0.3 is 9.31 Å². The summed E-state index contributed by atoms with van der Waals surface area (Å²) in [5.41, 5.74) is 5.14. The van der Waals surface area contributed by atoms with Crippen molar-refractivity contribution in [2.24, 2.45) is 0 Å². The zero-order valence-electron chi connectivity index (χ0n) is 20.1. The molecule has 1 aliphatic rings. The molecule has 0 unspecified atom stereocenters. The highest BCUT2D eigenvalue weighted by atomic mass is 16.7. The zero-order chi connectivity index (χ0) is 23.5. The molecule has 0 N–H and O–H groups in total. The summed E-state index contributed by atoms with van der Waals surface area (Å²) in [6.07, 6.45) is 0. The summed E-state index contributed by atoms with van der Waals surface area (Å²) in [5.74, 6) is 0. The van der Waals surface area contributed by atoms with E-state index in [4.69, 9.17) is 9.31 Å². The van der Waals surface area contributed by atoms with Crippen molar-refractivity contribution in [2.75, 3.05) is 0 Å². The SMILES string of the molecule is Cc1c(B2OC(C)(C)C(C)(C)O2)cc(C#N)cc1-c1c(C)c2ccccc2c2ccccc12. The predicted molar refractivity (Wildman–Crippen MR) is 137 cm³/mol. The molecule has 0 aliphatic carbocycles. The first-order valence-corrected chi connectivity index (χ1v) is 11.5. The van der Waals surface area contributed by atoms with Crippen LogP contribution in [0.2, 0.25) is 0 Å². The molecule has 33 heavy (non-hydrogen) atoms. The van der Waals surface area contributed by atoms with Gasteiger partial charge in [-0.3, -0.25) is 0 Å². The number of hydrogen-bond donors (Lipinski definition) is 0. The van der Waals surface area contributed by atoms with Crippen LogP contribution < -0.4 is 5.46 Å². The van der Waals surface area contributed by atoms with Crippen molar-refractivity contribution in [1.82, 2.24) is 0 Å². The lowest BCUT2D eigenvalue weighted by molar-refractivity contribution is 0.00578. The van der Waals surface area contributed by atoms with E-state index in [9.17, 15) is 5.26 Å². The van der Waals surface area contributed by atoms with Gasteiger partial charge in [-0.15, -0.1) is 0 Å². The van der Waals surface area contributed by atoms with Crippen molar-refractivity contribution in [3.8, 4) is 17.2 Å². The van der Waals surface area contributed by atoms with Gasteiger partial charge in [0.25, 0.3) is 0 Å². The Hall–Kier alpha value is -3.13. The van der Waals surface area contributed by atoms with Crippen molar-refractivity contribution < 1.29 is 9.31 Å². The molecule has 1 aliphatic heterocycles. The minimum absolute atomic E-state index is 0.446. The van der Waals surface area contributed by atoms with Crippen LogP contribution in [-0.2, 0) is 9.31 Å². The highest BCUT2D eigenvalue weighted by Crippen LogP contribution is 2.41. The molecule has 0 saturated carbocycles. The first-order valence-electron chi connectivity index (χ1n) is 11.5. The van der Waals surface area contributed by atoms with Crippen LogP contribution in [0, 0.1) is 25.2 Å². The van der Waals surface area contributed by atoms with E-state index < -0.39 is 18.3 Å². The highest BCUT2D eigenvalue weighted by molar-refractivity contribution is 6.63. The van der Waals surface area contributed by atoms with Crippen molar-refractivity contribution in [3.05, 3.63) is 77.4 Å². The topological polar surface area (TPSA) is 42.2 Å². The van der Waals surface area contributed by atoms with Gasteiger partial charge in [0.1, 0.15) is 0 Å². The van der Waals surface area contributed by atoms with Crippen molar-refractivity contribution in [1.29, 1.82) is 5.26 Å². The molecule has 3 nitrogen and oxygen atoms in total. The van der Waals surface area contributed by atoms with E-state index in [1.54, 1.807) is 0 Å². The molecule has 164 valence electrons. The van der Waals surface area contributed by atoms with Crippen LogP contribution in [0.1, 0.15) is 44.4 Å². The summed E-state index contributed by atoms with van der Waals surface area (Å²) < 4.78 is 12.8. The van der Waals surface area contributed by atoms with Gasteiger partial charge in [-0.1, -0.05) is 48.5 Å². The molecule has 0 amide bonds. The van der Waals surface area contributed by atoms with Crippen molar-refractivity contribution in [2.45, 2.75) is 52.7 Å².